The van der Waals surface area contributed by atoms with Crippen LogP contribution in [0, 0.1) is 5.82 Å². The number of benzene rings is 1. The molecule has 2 rings (SSSR count). The Kier molecular flexibility index (Phi) is 5.06. The lowest BCUT2D eigenvalue weighted by Gasteiger charge is -2.20. The molecule has 0 fully saturated rings. The Labute approximate surface area is 141 Å². The van der Waals surface area contributed by atoms with Gasteiger partial charge in [-0.3, -0.25) is 9.48 Å². The van der Waals surface area contributed by atoms with Crippen LogP contribution in [0.15, 0.2) is 12.1 Å². The lowest BCUT2D eigenvalue weighted by Crippen LogP contribution is -2.26. The molecule has 0 spiro atoms. The van der Waals surface area contributed by atoms with Crippen molar-refractivity contribution in [3.8, 4) is 0 Å². The van der Waals surface area contributed by atoms with Crippen molar-refractivity contribution >= 4 is 23.1 Å². The van der Waals surface area contributed by atoms with Crippen LogP contribution in [0.3, 0.4) is 0 Å². The Balaban J connectivity index is 2.66. The summed E-state index contributed by atoms with van der Waals surface area (Å²) in [5, 5.41) is 7.61. The van der Waals surface area contributed by atoms with Gasteiger partial charge in [-0.2, -0.15) is 5.10 Å². The number of fused-ring (bicyclic) bond motifs is 1. The molecule has 0 aliphatic heterocycles. The number of amides is 1. The van der Waals surface area contributed by atoms with Crippen LogP contribution in [-0.2, 0) is 22.1 Å². The van der Waals surface area contributed by atoms with E-state index >= 15 is 4.39 Å². The van der Waals surface area contributed by atoms with Crippen molar-refractivity contribution in [2.24, 2.45) is 7.05 Å². The smallest absolute Gasteiger partial charge is 0.228 e. The normalized spacial score (nSPS) is 13.1. The summed E-state index contributed by atoms with van der Waals surface area (Å²) in [7, 11) is 3.21. The fourth-order valence-electron chi connectivity index (χ4n) is 2.99. The third kappa shape index (κ3) is 3.18. The van der Waals surface area contributed by atoms with E-state index in [4.69, 9.17) is 0 Å². The van der Waals surface area contributed by atoms with Gasteiger partial charge in [0.1, 0.15) is 11.8 Å². The highest BCUT2D eigenvalue weighted by atomic mass is 19.1. The number of nitrogens with one attached hydrogen (secondary N) is 1. The van der Waals surface area contributed by atoms with Crippen molar-refractivity contribution in [1.82, 2.24) is 15.1 Å². The van der Waals surface area contributed by atoms with E-state index < -0.39 is 5.92 Å². The SMILES string of the molecule is CNC(=O)C(CCC=O)c1nn(C)c2c(F)c(C(C)(C)C)ccc12. The van der Waals surface area contributed by atoms with Gasteiger partial charge in [-0.1, -0.05) is 32.9 Å². The number of rotatable bonds is 5. The molecule has 1 amide bonds. The summed E-state index contributed by atoms with van der Waals surface area (Å²) in [5.41, 5.74) is 1.17. The van der Waals surface area contributed by atoms with Gasteiger partial charge in [0, 0.05) is 25.9 Å². The molecule has 1 heterocycles. The van der Waals surface area contributed by atoms with Crippen LogP contribution in [0.5, 0.6) is 0 Å². The molecule has 2 aromatic rings. The monoisotopic (exact) mass is 333 g/mol. The maximum Gasteiger partial charge on any atom is 0.228 e. The molecule has 24 heavy (non-hydrogen) atoms. The zero-order valence-corrected chi connectivity index (χ0v) is 14.8. The van der Waals surface area contributed by atoms with Gasteiger partial charge in [-0.05, 0) is 17.4 Å². The fourth-order valence-corrected chi connectivity index (χ4v) is 2.99. The Hall–Kier alpha value is -2.24. The predicted octanol–water partition coefficient (Wildman–Crippen LogP) is 2.82. The van der Waals surface area contributed by atoms with E-state index in [9.17, 15) is 9.59 Å². The first kappa shape index (κ1) is 18.1. The minimum Gasteiger partial charge on any atom is -0.359 e. The second kappa shape index (κ2) is 6.71. The van der Waals surface area contributed by atoms with Crippen LogP contribution in [0.2, 0.25) is 0 Å². The number of aldehydes is 1. The number of hydrogen-bond acceptors (Lipinski definition) is 3. The summed E-state index contributed by atoms with van der Waals surface area (Å²) < 4.78 is 16.5. The van der Waals surface area contributed by atoms with Crippen LogP contribution in [0.25, 0.3) is 10.9 Å². The van der Waals surface area contributed by atoms with E-state index in [1.165, 1.54) is 4.68 Å². The number of aromatic nitrogens is 2. The molecule has 1 aromatic heterocycles. The first-order chi connectivity index (χ1) is 11.2. The van der Waals surface area contributed by atoms with E-state index in [0.717, 1.165) is 6.29 Å². The lowest BCUT2D eigenvalue weighted by atomic mass is 9.85. The third-order valence-electron chi connectivity index (χ3n) is 4.25. The molecular formula is C18H24FN3O2. The molecule has 6 heteroatoms. The number of likely N-dealkylation sites (N-methyl/N-ethyl adjacent to an activating group) is 1. The maximum atomic E-state index is 15.0. The average Bonchev–Trinajstić information content (AvgIpc) is 2.84. The van der Waals surface area contributed by atoms with Gasteiger partial charge in [0.25, 0.3) is 0 Å². The number of aryl methyl sites for hydroxylation is 1. The molecule has 130 valence electrons. The zero-order valence-electron chi connectivity index (χ0n) is 14.8. The second-order valence-corrected chi connectivity index (χ2v) is 6.99. The summed E-state index contributed by atoms with van der Waals surface area (Å²) in [5.74, 6) is -1.12. The first-order valence-electron chi connectivity index (χ1n) is 8.03. The van der Waals surface area contributed by atoms with Crippen molar-refractivity contribution < 1.29 is 14.0 Å². The minimum atomic E-state index is -0.580. The van der Waals surface area contributed by atoms with Crippen LogP contribution >= 0.6 is 0 Å². The molecule has 5 nitrogen and oxygen atoms in total. The Morgan fingerprint density at radius 1 is 1.42 bits per heavy atom. The second-order valence-electron chi connectivity index (χ2n) is 6.99. The van der Waals surface area contributed by atoms with Crippen molar-refractivity contribution in [1.29, 1.82) is 0 Å². The standard InChI is InChI=1S/C18H24FN3O2/c1-18(2,3)13-9-8-11-15(21-22(5)16(11)14(13)19)12(7-6-10-23)17(24)20-4/h8-10,12H,6-7H2,1-5H3,(H,20,24). The van der Waals surface area contributed by atoms with Gasteiger partial charge in [0.2, 0.25) is 5.91 Å². The molecule has 0 aliphatic carbocycles. The Morgan fingerprint density at radius 3 is 2.62 bits per heavy atom. The van der Waals surface area contributed by atoms with E-state index in [1.54, 1.807) is 20.2 Å². The van der Waals surface area contributed by atoms with E-state index in [2.05, 4.69) is 10.4 Å². The Bertz CT molecular complexity index is 775. The number of carbonyl (C=O) groups is 2. The van der Waals surface area contributed by atoms with Gasteiger partial charge in [-0.15, -0.1) is 0 Å². The molecule has 0 aliphatic rings. The molecule has 0 saturated carbocycles. The van der Waals surface area contributed by atoms with Crippen molar-refractivity contribution in [3.63, 3.8) is 0 Å². The van der Waals surface area contributed by atoms with Crippen LogP contribution in [0.4, 0.5) is 4.39 Å². The van der Waals surface area contributed by atoms with Crippen LogP contribution < -0.4 is 5.32 Å². The molecule has 0 radical (unpaired) electrons. The van der Waals surface area contributed by atoms with Gasteiger partial charge in [0.05, 0.1) is 11.6 Å². The summed E-state index contributed by atoms with van der Waals surface area (Å²) in [6, 6.07) is 3.57. The van der Waals surface area contributed by atoms with Gasteiger partial charge in [0.15, 0.2) is 5.82 Å². The molecule has 0 bridgehead atoms. The van der Waals surface area contributed by atoms with Crippen LogP contribution in [0.1, 0.15) is 50.8 Å². The average molecular weight is 333 g/mol. The largest absolute Gasteiger partial charge is 0.359 e. The highest BCUT2D eigenvalue weighted by molar-refractivity contribution is 5.91. The van der Waals surface area contributed by atoms with Crippen LogP contribution in [-0.4, -0.2) is 29.0 Å². The lowest BCUT2D eigenvalue weighted by molar-refractivity contribution is -0.122. The molecule has 1 aromatic carbocycles. The molecular weight excluding hydrogens is 309 g/mol. The number of hydrogen-bond donors (Lipinski definition) is 1. The summed E-state index contributed by atoms with van der Waals surface area (Å²) >= 11 is 0. The summed E-state index contributed by atoms with van der Waals surface area (Å²) in [4.78, 5) is 22.9. The van der Waals surface area contributed by atoms with Gasteiger partial charge < -0.3 is 10.1 Å². The highest BCUT2D eigenvalue weighted by Crippen LogP contribution is 2.34. The quantitative estimate of drug-likeness (QED) is 0.856. The highest BCUT2D eigenvalue weighted by Gasteiger charge is 2.28. The maximum absolute atomic E-state index is 15.0. The Morgan fingerprint density at radius 2 is 2.08 bits per heavy atom. The third-order valence-corrected chi connectivity index (χ3v) is 4.25. The van der Waals surface area contributed by atoms with Crippen molar-refractivity contribution in [2.45, 2.75) is 44.9 Å². The molecule has 0 saturated heterocycles. The summed E-state index contributed by atoms with van der Waals surface area (Å²) in [6.07, 6.45) is 1.37. The van der Waals surface area contributed by atoms with Gasteiger partial charge >= 0.3 is 0 Å². The van der Waals surface area contributed by atoms with Gasteiger partial charge in [-0.25, -0.2) is 4.39 Å². The van der Waals surface area contributed by atoms with Crippen molar-refractivity contribution in [2.75, 3.05) is 7.05 Å². The van der Waals surface area contributed by atoms with E-state index in [1.807, 2.05) is 26.8 Å². The zero-order chi connectivity index (χ0) is 18.1. The minimum absolute atomic E-state index is 0.225. The molecule has 1 unspecified atom stereocenters. The van der Waals surface area contributed by atoms with E-state index in [-0.39, 0.29) is 23.6 Å². The fraction of sp³-hybridized carbons (Fsp3) is 0.500. The first-order valence-corrected chi connectivity index (χ1v) is 8.03. The molecule has 1 N–H and O–H groups in total. The predicted molar refractivity (Wildman–Crippen MR) is 91.5 cm³/mol. The van der Waals surface area contributed by atoms with E-state index in [0.29, 0.717) is 28.6 Å². The number of halogens is 1. The number of carbonyl (C=O) groups excluding carboxylic acids is 2. The number of nitrogens with zero attached hydrogens (tertiary/aromatic N) is 2. The van der Waals surface area contributed by atoms with Crippen molar-refractivity contribution in [3.05, 3.63) is 29.2 Å². The summed E-state index contributed by atoms with van der Waals surface area (Å²) in [6.45, 7) is 5.85. The molecule has 1 atom stereocenters. The topological polar surface area (TPSA) is 64.0 Å².